The molecule has 1 aliphatic rings. The molecule has 0 bridgehead atoms. The lowest BCUT2D eigenvalue weighted by molar-refractivity contribution is 0.292. The van der Waals surface area contributed by atoms with Crippen LogP contribution in [0.1, 0.15) is 81.8 Å². The first kappa shape index (κ1) is 23.1. The molecular weight excluding hydrogens is 410 g/mol. The Kier molecular flexibility index (Phi) is 4.87. The summed E-state index contributed by atoms with van der Waals surface area (Å²) in [6.45, 7) is 23.6. The molecule has 0 atom stereocenters. The summed E-state index contributed by atoms with van der Waals surface area (Å²) in [5, 5.41) is 4.02. The molecule has 1 aromatic heterocycles. The van der Waals surface area contributed by atoms with E-state index in [-0.39, 0.29) is 16.2 Å². The third-order valence-corrected chi connectivity index (χ3v) is 8.79. The molecule has 176 valence electrons. The second-order valence-corrected chi connectivity index (χ2v) is 12.9. The van der Waals surface area contributed by atoms with Gasteiger partial charge < -0.3 is 0 Å². The normalized spacial score (nSPS) is 16.5. The van der Waals surface area contributed by atoms with Gasteiger partial charge in [-0.1, -0.05) is 78.8 Å². The smallest absolute Gasteiger partial charge is 0.0753 e. The fourth-order valence-electron chi connectivity index (χ4n) is 6.33. The zero-order valence-corrected chi connectivity index (χ0v) is 22.7. The van der Waals surface area contributed by atoms with Gasteiger partial charge in [-0.05, 0) is 94.3 Å². The van der Waals surface area contributed by atoms with Crippen molar-refractivity contribution >= 4 is 21.7 Å². The van der Waals surface area contributed by atoms with Crippen LogP contribution >= 0.6 is 0 Å². The van der Waals surface area contributed by atoms with Crippen molar-refractivity contribution in [1.29, 1.82) is 0 Å². The third-order valence-electron chi connectivity index (χ3n) is 8.79. The highest BCUT2D eigenvalue weighted by Gasteiger charge is 2.49. The van der Waals surface area contributed by atoms with E-state index < -0.39 is 0 Å². The van der Waals surface area contributed by atoms with Crippen LogP contribution in [-0.4, -0.2) is 4.98 Å². The fraction of sp³-hybridized carbons (Fsp3) is 0.424. The summed E-state index contributed by atoms with van der Waals surface area (Å²) in [6.07, 6.45) is 1.04. The number of nitrogens with zero attached hydrogens (tertiary/aromatic N) is 1. The zero-order chi connectivity index (χ0) is 24.8. The molecule has 0 saturated heterocycles. The van der Waals surface area contributed by atoms with Crippen molar-refractivity contribution in [2.24, 2.45) is 5.41 Å². The van der Waals surface area contributed by atoms with Crippen LogP contribution in [0.4, 0.5) is 0 Å². The van der Waals surface area contributed by atoms with Gasteiger partial charge in [-0.3, -0.25) is 0 Å². The number of aryl methyl sites for hydroxylation is 3. The molecule has 0 spiro atoms. The predicted octanol–water partition coefficient (Wildman–Crippen LogP) is 9.14. The molecule has 0 N–H and O–H groups in total. The maximum absolute atomic E-state index is 5.40. The topological polar surface area (TPSA) is 12.9 Å². The molecule has 3 aromatic carbocycles. The molecule has 0 aliphatic heterocycles. The van der Waals surface area contributed by atoms with Crippen LogP contribution in [0.15, 0.2) is 42.5 Å². The van der Waals surface area contributed by atoms with Gasteiger partial charge in [0, 0.05) is 16.4 Å². The second kappa shape index (κ2) is 7.17. The molecule has 0 saturated carbocycles. The first-order valence-corrected chi connectivity index (χ1v) is 12.7. The van der Waals surface area contributed by atoms with Crippen molar-refractivity contribution in [2.75, 3.05) is 0 Å². The minimum atomic E-state index is -0.0644. The lowest BCUT2D eigenvalue weighted by Gasteiger charge is -2.50. The second-order valence-electron chi connectivity index (χ2n) is 12.9. The fourth-order valence-corrected chi connectivity index (χ4v) is 6.33. The molecule has 1 heterocycles. The van der Waals surface area contributed by atoms with Gasteiger partial charge in [-0.15, -0.1) is 0 Å². The number of aromatic nitrogens is 1. The van der Waals surface area contributed by atoms with Gasteiger partial charge >= 0.3 is 0 Å². The van der Waals surface area contributed by atoms with E-state index in [4.69, 9.17) is 4.98 Å². The largest absolute Gasteiger partial charge is 0.247 e. The highest BCUT2D eigenvalue weighted by Crippen LogP contribution is 2.57. The average Bonchev–Trinajstić information content (AvgIpc) is 2.72. The zero-order valence-electron chi connectivity index (χ0n) is 22.7. The summed E-state index contributed by atoms with van der Waals surface area (Å²) in [7, 11) is 0. The van der Waals surface area contributed by atoms with Crippen LogP contribution in [0.25, 0.3) is 32.9 Å². The van der Waals surface area contributed by atoms with E-state index in [1.165, 1.54) is 60.8 Å². The summed E-state index contributed by atoms with van der Waals surface area (Å²) in [5.74, 6) is 0. The Morgan fingerprint density at radius 3 is 2.06 bits per heavy atom. The SMILES string of the molecule is Cc1cc2cc3c(c(C)c2cc1C)C(C)(C)C(C)(C)c1c-3nc2ccccc2c1CC(C)(C)C. The Morgan fingerprint density at radius 1 is 0.765 bits per heavy atom. The van der Waals surface area contributed by atoms with E-state index in [0.29, 0.717) is 0 Å². The number of hydrogen-bond donors (Lipinski definition) is 0. The van der Waals surface area contributed by atoms with Gasteiger partial charge in [0.1, 0.15) is 0 Å². The van der Waals surface area contributed by atoms with Gasteiger partial charge in [-0.2, -0.15) is 0 Å². The number of para-hydroxylation sites is 1. The molecule has 1 heteroatoms. The van der Waals surface area contributed by atoms with Crippen molar-refractivity contribution in [2.45, 2.75) is 86.5 Å². The Hall–Kier alpha value is -2.67. The molecule has 34 heavy (non-hydrogen) atoms. The Balaban J connectivity index is 2.00. The number of fused-ring (bicyclic) bond motifs is 5. The monoisotopic (exact) mass is 449 g/mol. The van der Waals surface area contributed by atoms with Crippen molar-refractivity contribution in [3.8, 4) is 11.3 Å². The molecular formula is C33H39N. The average molecular weight is 450 g/mol. The predicted molar refractivity (Wildman–Crippen MR) is 148 cm³/mol. The number of benzene rings is 3. The molecule has 1 aliphatic carbocycles. The highest BCUT2D eigenvalue weighted by atomic mass is 14.7. The van der Waals surface area contributed by atoms with Gasteiger partial charge in [0.05, 0.1) is 11.2 Å². The van der Waals surface area contributed by atoms with Gasteiger partial charge in [0.2, 0.25) is 0 Å². The van der Waals surface area contributed by atoms with E-state index in [1.54, 1.807) is 0 Å². The van der Waals surface area contributed by atoms with Gasteiger partial charge in [0.15, 0.2) is 0 Å². The maximum atomic E-state index is 5.40. The Labute approximate surface area is 205 Å². The first-order valence-electron chi connectivity index (χ1n) is 12.7. The number of pyridine rings is 1. The van der Waals surface area contributed by atoms with Crippen LogP contribution in [0, 0.1) is 26.2 Å². The summed E-state index contributed by atoms with van der Waals surface area (Å²) >= 11 is 0. The molecule has 0 amide bonds. The lowest BCUT2D eigenvalue weighted by Crippen LogP contribution is -2.45. The van der Waals surface area contributed by atoms with Crippen molar-refractivity contribution in [3.05, 3.63) is 75.8 Å². The van der Waals surface area contributed by atoms with E-state index >= 15 is 0 Å². The summed E-state index contributed by atoms with van der Waals surface area (Å²) in [5.41, 5.74) is 12.2. The van der Waals surface area contributed by atoms with Crippen LogP contribution in [0.2, 0.25) is 0 Å². The standard InChI is InChI=1S/C33H39N/c1-19-15-22-17-25-28(21(3)24(22)16-20(19)2)32(7,8)33(9,10)29-26(18-31(4,5)6)23-13-11-12-14-27(23)34-30(25)29/h11-17H,18H2,1-10H3. The molecule has 1 nitrogen and oxygen atoms in total. The molecule has 5 rings (SSSR count). The van der Waals surface area contributed by atoms with E-state index in [0.717, 1.165) is 11.9 Å². The maximum Gasteiger partial charge on any atom is 0.0753 e. The lowest BCUT2D eigenvalue weighted by atomic mass is 9.54. The summed E-state index contributed by atoms with van der Waals surface area (Å²) < 4.78 is 0. The van der Waals surface area contributed by atoms with Gasteiger partial charge in [-0.25, -0.2) is 4.98 Å². The van der Waals surface area contributed by atoms with Crippen LogP contribution in [0.3, 0.4) is 0 Å². The van der Waals surface area contributed by atoms with Gasteiger partial charge in [0.25, 0.3) is 0 Å². The molecule has 0 fully saturated rings. The van der Waals surface area contributed by atoms with Crippen molar-refractivity contribution in [3.63, 3.8) is 0 Å². The Morgan fingerprint density at radius 2 is 1.38 bits per heavy atom. The van der Waals surface area contributed by atoms with E-state index in [1.807, 2.05) is 0 Å². The summed E-state index contributed by atoms with van der Waals surface area (Å²) in [6, 6.07) is 15.9. The van der Waals surface area contributed by atoms with Crippen LogP contribution < -0.4 is 0 Å². The summed E-state index contributed by atoms with van der Waals surface area (Å²) in [4.78, 5) is 5.40. The minimum Gasteiger partial charge on any atom is -0.247 e. The van der Waals surface area contributed by atoms with Crippen molar-refractivity contribution in [1.82, 2.24) is 4.98 Å². The van der Waals surface area contributed by atoms with Crippen LogP contribution in [-0.2, 0) is 17.3 Å². The van der Waals surface area contributed by atoms with Crippen molar-refractivity contribution < 1.29 is 0 Å². The number of hydrogen-bond acceptors (Lipinski definition) is 1. The van der Waals surface area contributed by atoms with E-state index in [9.17, 15) is 0 Å². The quantitative estimate of drug-likeness (QED) is 0.282. The highest BCUT2D eigenvalue weighted by molar-refractivity contribution is 5.97. The van der Waals surface area contributed by atoms with Crippen LogP contribution in [0.5, 0.6) is 0 Å². The molecule has 0 unspecified atom stereocenters. The molecule has 0 radical (unpaired) electrons. The van der Waals surface area contributed by atoms with E-state index in [2.05, 4.69) is 112 Å². The Bertz CT molecular complexity index is 1470. The molecule has 4 aromatic rings. The number of rotatable bonds is 1. The first-order chi connectivity index (χ1) is 15.7. The minimum absolute atomic E-state index is 0.0385. The third kappa shape index (κ3) is 3.16.